The van der Waals surface area contributed by atoms with E-state index in [0.717, 1.165) is 19.5 Å². The van der Waals surface area contributed by atoms with Crippen molar-refractivity contribution in [2.24, 2.45) is 0 Å². The fraction of sp³-hybridized carbons (Fsp3) is 0.652. The Labute approximate surface area is 154 Å². The smallest absolute Gasteiger partial charge is 0.0664 e. The van der Waals surface area contributed by atoms with Crippen LogP contribution in [-0.2, 0) is 6.54 Å². The molecule has 25 heavy (non-hydrogen) atoms. The molecule has 0 bridgehead atoms. The van der Waals surface area contributed by atoms with E-state index in [1.54, 1.807) is 5.57 Å². The number of rotatable bonds is 0. The van der Waals surface area contributed by atoms with Crippen LogP contribution in [0.3, 0.4) is 0 Å². The van der Waals surface area contributed by atoms with Gasteiger partial charge in [-0.2, -0.15) is 0 Å². The number of hydrogen-bond donors (Lipinski definition) is 1. The summed E-state index contributed by atoms with van der Waals surface area (Å²) in [6.07, 6.45) is 5.29. The molecule has 1 saturated heterocycles. The minimum atomic E-state index is -0.245. The molecular formula is C23H37NO. The molecule has 3 atom stereocenters. The summed E-state index contributed by atoms with van der Waals surface area (Å²) in [7, 11) is 0. The first-order valence-corrected chi connectivity index (χ1v) is 10.2. The maximum absolute atomic E-state index is 10.7. The van der Waals surface area contributed by atoms with Crippen LogP contribution in [-0.4, -0.2) is 28.2 Å². The minimum absolute atomic E-state index is 0.0480. The van der Waals surface area contributed by atoms with Crippen LogP contribution in [0, 0.1) is 13.8 Å². The number of aryl methyl sites for hydroxylation is 2. The van der Waals surface area contributed by atoms with E-state index < -0.39 is 0 Å². The molecule has 0 spiro atoms. The molecule has 3 aliphatic rings. The fourth-order valence-electron chi connectivity index (χ4n) is 4.71. The van der Waals surface area contributed by atoms with Gasteiger partial charge in [0.1, 0.15) is 0 Å². The molecule has 0 saturated carbocycles. The molecule has 0 amide bonds. The third-order valence-electron chi connectivity index (χ3n) is 6.01. The van der Waals surface area contributed by atoms with Crippen molar-refractivity contribution >= 4 is 0 Å². The van der Waals surface area contributed by atoms with Gasteiger partial charge in [-0.15, -0.1) is 0 Å². The van der Waals surface area contributed by atoms with Crippen molar-refractivity contribution in [2.75, 3.05) is 6.54 Å². The van der Waals surface area contributed by atoms with Crippen LogP contribution < -0.4 is 0 Å². The lowest BCUT2D eigenvalue weighted by Crippen LogP contribution is -2.55. The van der Waals surface area contributed by atoms with Gasteiger partial charge in [-0.05, 0) is 55.9 Å². The van der Waals surface area contributed by atoms with Gasteiger partial charge in [-0.3, -0.25) is 4.90 Å². The second-order valence-electron chi connectivity index (χ2n) is 7.67. The first-order chi connectivity index (χ1) is 11.9. The second-order valence-corrected chi connectivity index (χ2v) is 7.67. The van der Waals surface area contributed by atoms with Crippen molar-refractivity contribution in [1.29, 1.82) is 0 Å². The molecule has 2 aliphatic heterocycles. The van der Waals surface area contributed by atoms with Gasteiger partial charge in [-0.1, -0.05) is 57.9 Å². The third kappa shape index (κ3) is 3.31. The molecular weight excluding hydrogens is 306 g/mol. The fourth-order valence-corrected chi connectivity index (χ4v) is 4.71. The van der Waals surface area contributed by atoms with E-state index in [-0.39, 0.29) is 17.6 Å². The molecule has 2 heteroatoms. The Hall–Kier alpha value is -1.12. The van der Waals surface area contributed by atoms with Gasteiger partial charge in [0.25, 0.3) is 0 Å². The summed E-state index contributed by atoms with van der Waals surface area (Å²) in [6.45, 7) is 17.1. The van der Waals surface area contributed by atoms with E-state index >= 15 is 0 Å². The first-order valence-electron chi connectivity index (χ1n) is 10.2. The standard InChI is InChI=1S/C18H23NO.C3H8.C2H6/c1-11-8-13-10-19-7-6-14-4-5-16(20)17(18(14,19)3)15(13)9-12(11)2;1-3-2;1-2/h4,8-9,16-17,20H,5-7,10H2,1-3H3;3H2,1-2H3;1-2H3. The van der Waals surface area contributed by atoms with Gasteiger partial charge in [0.05, 0.1) is 6.10 Å². The molecule has 1 aromatic rings. The highest BCUT2D eigenvalue weighted by molar-refractivity contribution is 5.48. The summed E-state index contributed by atoms with van der Waals surface area (Å²) in [4.78, 5) is 2.59. The number of nitrogens with zero attached hydrogens (tertiary/aromatic N) is 1. The van der Waals surface area contributed by atoms with E-state index in [1.807, 2.05) is 13.8 Å². The maximum Gasteiger partial charge on any atom is 0.0664 e. The molecule has 3 unspecified atom stereocenters. The third-order valence-corrected chi connectivity index (χ3v) is 6.01. The highest BCUT2D eigenvalue weighted by Crippen LogP contribution is 2.54. The number of hydrogen-bond acceptors (Lipinski definition) is 2. The van der Waals surface area contributed by atoms with Gasteiger partial charge in [0.2, 0.25) is 0 Å². The van der Waals surface area contributed by atoms with Crippen molar-refractivity contribution in [3.8, 4) is 0 Å². The Bertz CT molecular complexity index is 633. The largest absolute Gasteiger partial charge is 0.392 e. The molecule has 140 valence electrons. The highest BCUT2D eigenvalue weighted by atomic mass is 16.3. The quantitative estimate of drug-likeness (QED) is 0.629. The highest BCUT2D eigenvalue weighted by Gasteiger charge is 2.54. The normalized spacial score (nSPS) is 29.4. The lowest BCUT2D eigenvalue weighted by molar-refractivity contribution is 0.0335. The SMILES string of the molecule is CC.CCC.Cc1cc2c(cc1C)C1C(O)CC=C3CCN(C2)C31C. The summed E-state index contributed by atoms with van der Waals surface area (Å²) in [6, 6.07) is 4.68. The summed E-state index contributed by atoms with van der Waals surface area (Å²) in [5.74, 6) is 0.244. The number of aliphatic hydroxyl groups excluding tert-OH is 1. The van der Waals surface area contributed by atoms with E-state index in [9.17, 15) is 5.11 Å². The lowest BCUT2D eigenvalue weighted by Gasteiger charge is -2.51. The first kappa shape index (κ1) is 20.2. The summed E-state index contributed by atoms with van der Waals surface area (Å²) in [5, 5.41) is 10.7. The zero-order valence-electron chi connectivity index (χ0n) is 17.3. The molecule has 4 rings (SSSR count). The van der Waals surface area contributed by atoms with Crippen molar-refractivity contribution in [3.63, 3.8) is 0 Å². The van der Waals surface area contributed by atoms with Crippen LogP contribution >= 0.6 is 0 Å². The molecule has 1 aliphatic carbocycles. The Morgan fingerprint density at radius 1 is 1.16 bits per heavy atom. The van der Waals surface area contributed by atoms with Crippen molar-refractivity contribution in [3.05, 3.63) is 46.0 Å². The van der Waals surface area contributed by atoms with E-state index in [2.05, 4.69) is 57.7 Å². The van der Waals surface area contributed by atoms with Crippen LogP contribution in [0.4, 0.5) is 0 Å². The van der Waals surface area contributed by atoms with Crippen molar-refractivity contribution in [1.82, 2.24) is 4.90 Å². The zero-order valence-corrected chi connectivity index (χ0v) is 17.3. The molecule has 1 N–H and O–H groups in total. The molecule has 0 radical (unpaired) electrons. The van der Waals surface area contributed by atoms with Crippen LogP contribution in [0.15, 0.2) is 23.8 Å². The van der Waals surface area contributed by atoms with Gasteiger partial charge < -0.3 is 5.11 Å². The average molecular weight is 344 g/mol. The topological polar surface area (TPSA) is 23.5 Å². The van der Waals surface area contributed by atoms with E-state index in [1.165, 1.54) is 35.1 Å². The molecule has 2 nitrogen and oxygen atoms in total. The van der Waals surface area contributed by atoms with Gasteiger partial charge in [0.15, 0.2) is 0 Å². The summed E-state index contributed by atoms with van der Waals surface area (Å²) < 4.78 is 0. The van der Waals surface area contributed by atoms with Crippen molar-refractivity contribution in [2.45, 2.75) is 91.8 Å². The van der Waals surface area contributed by atoms with Gasteiger partial charge >= 0.3 is 0 Å². The molecule has 1 aromatic carbocycles. The maximum atomic E-state index is 10.7. The predicted molar refractivity (Wildman–Crippen MR) is 108 cm³/mol. The molecule has 0 aromatic heterocycles. The summed E-state index contributed by atoms with van der Waals surface area (Å²) >= 11 is 0. The van der Waals surface area contributed by atoms with E-state index in [4.69, 9.17) is 0 Å². The van der Waals surface area contributed by atoms with Crippen LogP contribution in [0.5, 0.6) is 0 Å². The number of benzene rings is 1. The average Bonchev–Trinajstić information content (AvgIpc) is 2.90. The number of fused-ring (bicyclic) bond motifs is 2. The Kier molecular flexibility index (Phi) is 6.51. The zero-order chi connectivity index (χ0) is 18.8. The van der Waals surface area contributed by atoms with Crippen molar-refractivity contribution < 1.29 is 5.11 Å². The molecule has 2 heterocycles. The molecule has 1 fully saturated rings. The Balaban J connectivity index is 0.000000410. The minimum Gasteiger partial charge on any atom is -0.392 e. The second kappa shape index (κ2) is 8.05. The van der Waals surface area contributed by atoms with Crippen LogP contribution in [0.1, 0.15) is 82.1 Å². The Morgan fingerprint density at radius 3 is 2.40 bits per heavy atom. The monoisotopic (exact) mass is 343 g/mol. The van der Waals surface area contributed by atoms with Crippen LogP contribution in [0.2, 0.25) is 0 Å². The summed E-state index contributed by atoms with van der Waals surface area (Å²) in [5.41, 5.74) is 7.14. The Morgan fingerprint density at radius 2 is 1.76 bits per heavy atom. The van der Waals surface area contributed by atoms with E-state index in [0.29, 0.717) is 0 Å². The lowest BCUT2D eigenvalue weighted by atomic mass is 9.65. The van der Waals surface area contributed by atoms with Gasteiger partial charge in [0, 0.05) is 24.5 Å². The number of aliphatic hydroxyl groups is 1. The van der Waals surface area contributed by atoms with Crippen LogP contribution in [0.25, 0.3) is 0 Å². The van der Waals surface area contributed by atoms with Gasteiger partial charge in [-0.25, -0.2) is 0 Å². The predicted octanol–water partition coefficient (Wildman–Crippen LogP) is 5.50.